The van der Waals surface area contributed by atoms with Gasteiger partial charge in [0.25, 0.3) is 5.91 Å². The Balaban J connectivity index is 1.27. The second-order valence-corrected chi connectivity index (χ2v) is 6.53. The van der Waals surface area contributed by atoms with E-state index in [0.717, 1.165) is 18.4 Å². The number of nitrogens with zero attached hydrogens (tertiary/aromatic N) is 8. The van der Waals surface area contributed by atoms with E-state index in [1.165, 1.54) is 10.8 Å². The van der Waals surface area contributed by atoms with Gasteiger partial charge in [0.1, 0.15) is 12.4 Å². The molecular formula is C18H16N8O3. The van der Waals surface area contributed by atoms with Gasteiger partial charge in [-0.15, -0.1) is 15.3 Å². The first-order chi connectivity index (χ1) is 14.3. The highest BCUT2D eigenvalue weighted by Crippen LogP contribution is 2.32. The number of amides is 1. The molecule has 1 fully saturated rings. The number of ether oxygens (including phenoxy) is 1. The lowest BCUT2D eigenvalue weighted by Crippen LogP contribution is -2.34. The molecular weight excluding hydrogens is 376 g/mol. The van der Waals surface area contributed by atoms with Gasteiger partial charge in [-0.1, -0.05) is 5.16 Å². The quantitative estimate of drug-likeness (QED) is 0.494. The molecule has 11 nitrogen and oxygen atoms in total. The van der Waals surface area contributed by atoms with Crippen LogP contribution < -0.4 is 4.74 Å². The smallest absolute Gasteiger partial charge is 0.261 e. The molecule has 5 rings (SSSR count). The molecule has 0 aliphatic carbocycles. The second kappa shape index (κ2) is 7.26. The van der Waals surface area contributed by atoms with E-state index in [4.69, 9.17) is 9.26 Å². The fourth-order valence-electron chi connectivity index (χ4n) is 3.32. The largest absolute Gasteiger partial charge is 0.467 e. The van der Waals surface area contributed by atoms with Gasteiger partial charge in [0.05, 0.1) is 0 Å². The van der Waals surface area contributed by atoms with Crippen LogP contribution in [0.4, 0.5) is 0 Å². The number of hydrogen-bond donors (Lipinski definition) is 0. The molecule has 29 heavy (non-hydrogen) atoms. The Labute approximate surface area is 164 Å². The summed E-state index contributed by atoms with van der Waals surface area (Å²) in [6.07, 6.45) is 6.41. The monoisotopic (exact) mass is 392 g/mol. The zero-order valence-electron chi connectivity index (χ0n) is 15.2. The maximum Gasteiger partial charge on any atom is 0.261 e. The minimum absolute atomic E-state index is 0.136. The highest BCUT2D eigenvalue weighted by Gasteiger charge is 2.34. The second-order valence-electron chi connectivity index (χ2n) is 6.53. The summed E-state index contributed by atoms with van der Waals surface area (Å²) in [4.78, 5) is 22.9. The molecule has 1 aliphatic rings. The Bertz CT molecular complexity index is 1140. The molecule has 1 amide bonds. The molecule has 4 aromatic heterocycles. The van der Waals surface area contributed by atoms with Crippen LogP contribution in [0.1, 0.15) is 24.8 Å². The van der Waals surface area contributed by atoms with Crippen LogP contribution >= 0.6 is 0 Å². The van der Waals surface area contributed by atoms with E-state index in [1.807, 2.05) is 0 Å². The molecule has 1 saturated heterocycles. The van der Waals surface area contributed by atoms with E-state index in [0.29, 0.717) is 29.8 Å². The number of carbonyl (C=O) groups excluding carboxylic acids is 1. The summed E-state index contributed by atoms with van der Waals surface area (Å²) in [7, 11) is 0. The topological polar surface area (TPSA) is 124 Å². The zero-order valence-corrected chi connectivity index (χ0v) is 15.2. The standard InChI is InChI=1S/C18H16N8O3/c27-16(10-28-15-4-3-14-22-20-11-26(14)23-15)25-9-1-2-13(25)18-21-17(24-29-18)12-5-7-19-8-6-12/h3-8,11,13H,1-2,9-10H2/t13-/m0/s1. The Morgan fingerprint density at radius 1 is 1.24 bits per heavy atom. The highest BCUT2D eigenvalue weighted by atomic mass is 16.5. The fraction of sp³-hybridized carbons (Fsp3) is 0.278. The van der Waals surface area contributed by atoms with Gasteiger partial charge >= 0.3 is 0 Å². The van der Waals surface area contributed by atoms with Crippen LogP contribution in [0.2, 0.25) is 0 Å². The lowest BCUT2D eigenvalue weighted by atomic mass is 10.2. The third kappa shape index (κ3) is 3.37. The van der Waals surface area contributed by atoms with Gasteiger partial charge in [-0.25, -0.2) is 0 Å². The molecule has 1 atom stereocenters. The zero-order chi connectivity index (χ0) is 19.6. The summed E-state index contributed by atoms with van der Waals surface area (Å²) in [5.41, 5.74) is 1.41. The number of fused-ring (bicyclic) bond motifs is 1. The summed E-state index contributed by atoms with van der Waals surface area (Å²) in [5, 5.41) is 15.9. The van der Waals surface area contributed by atoms with Gasteiger partial charge in [0.15, 0.2) is 12.3 Å². The maximum absolute atomic E-state index is 12.7. The third-order valence-corrected chi connectivity index (χ3v) is 4.72. The van der Waals surface area contributed by atoms with Crippen molar-refractivity contribution >= 4 is 11.6 Å². The Morgan fingerprint density at radius 2 is 2.14 bits per heavy atom. The number of rotatable bonds is 5. The van der Waals surface area contributed by atoms with E-state index >= 15 is 0 Å². The van der Waals surface area contributed by atoms with E-state index in [2.05, 4.69) is 30.4 Å². The van der Waals surface area contributed by atoms with E-state index in [9.17, 15) is 4.79 Å². The van der Waals surface area contributed by atoms with Crippen molar-refractivity contribution in [2.45, 2.75) is 18.9 Å². The lowest BCUT2D eigenvalue weighted by Gasteiger charge is -2.21. The molecule has 4 aromatic rings. The van der Waals surface area contributed by atoms with Crippen molar-refractivity contribution in [3.63, 3.8) is 0 Å². The van der Waals surface area contributed by atoms with Gasteiger partial charge in [-0.2, -0.15) is 9.50 Å². The molecule has 1 aliphatic heterocycles. The summed E-state index contributed by atoms with van der Waals surface area (Å²) < 4.78 is 12.5. The van der Waals surface area contributed by atoms with E-state index in [1.54, 1.807) is 41.6 Å². The minimum atomic E-state index is -0.262. The molecule has 0 bridgehead atoms. The van der Waals surface area contributed by atoms with Crippen molar-refractivity contribution in [2.24, 2.45) is 0 Å². The number of pyridine rings is 1. The van der Waals surface area contributed by atoms with Crippen LogP contribution in [-0.4, -0.2) is 58.9 Å². The van der Waals surface area contributed by atoms with Crippen LogP contribution in [0.3, 0.4) is 0 Å². The van der Waals surface area contributed by atoms with Crippen molar-refractivity contribution in [2.75, 3.05) is 13.2 Å². The summed E-state index contributed by atoms with van der Waals surface area (Å²) in [6.45, 7) is 0.472. The van der Waals surface area contributed by atoms with Crippen molar-refractivity contribution in [1.82, 2.24) is 39.8 Å². The fourth-order valence-corrected chi connectivity index (χ4v) is 3.32. The number of hydrogen-bond acceptors (Lipinski definition) is 9. The van der Waals surface area contributed by atoms with Gasteiger partial charge in [-0.05, 0) is 31.0 Å². The van der Waals surface area contributed by atoms with E-state index < -0.39 is 0 Å². The molecule has 146 valence electrons. The first-order valence-electron chi connectivity index (χ1n) is 9.11. The maximum atomic E-state index is 12.7. The normalized spacial score (nSPS) is 16.4. The van der Waals surface area contributed by atoms with Crippen molar-refractivity contribution in [3.8, 4) is 17.3 Å². The first-order valence-corrected chi connectivity index (χ1v) is 9.11. The van der Waals surface area contributed by atoms with Crippen molar-refractivity contribution < 1.29 is 14.1 Å². The molecule has 0 N–H and O–H groups in total. The Morgan fingerprint density at radius 3 is 3.03 bits per heavy atom. The highest BCUT2D eigenvalue weighted by molar-refractivity contribution is 5.78. The van der Waals surface area contributed by atoms with Crippen molar-refractivity contribution in [3.05, 3.63) is 48.9 Å². The lowest BCUT2D eigenvalue weighted by molar-refractivity contribution is -0.134. The summed E-state index contributed by atoms with van der Waals surface area (Å²) in [6, 6.07) is 6.72. The molecule has 0 aromatic carbocycles. The Hall–Kier alpha value is -3.89. The van der Waals surface area contributed by atoms with Gasteiger partial charge in [-0.3, -0.25) is 9.78 Å². The molecule has 0 radical (unpaired) electrons. The molecule has 0 unspecified atom stereocenters. The number of likely N-dealkylation sites (tertiary alicyclic amines) is 1. The summed E-state index contributed by atoms with van der Waals surface area (Å²) >= 11 is 0. The SMILES string of the molecule is O=C(COc1ccc2nncn2n1)N1CCC[C@H]1c1nc(-c2ccncc2)no1. The van der Waals surface area contributed by atoms with Crippen molar-refractivity contribution in [1.29, 1.82) is 0 Å². The average molecular weight is 392 g/mol. The van der Waals surface area contributed by atoms with Crippen LogP contribution in [0.5, 0.6) is 5.88 Å². The Kier molecular flexibility index (Phi) is 4.31. The number of aromatic nitrogens is 7. The van der Waals surface area contributed by atoms with E-state index in [-0.39, 0.29) is 18.6 Å². The predicted octanol–water partition coefficient (Wildman–Crippen LogP) is 1.31. The van der Waals surface area contributed by atoms with Gasteiger partial charge < -0.3 is 14.2 Å². The van der Waals surface area contributed by atoms with Crippen LogP contribution in [0.25, 0.3) is 17.0 Å². The van der Waals surface area contributed by atoms with Gasteiger partial charge in [0, 0.05) is 30.6 Å². The minimum Gasteiger partial charge on any atom is -0.467 e. The van der Waals surface area contributed by atoms with Crippen LogP contribution in [0, 0.1) is 0 Å². The summed E-state index contributed by atoms with van der Waals surface area (Å²) in [5.74, 6) is 1.05. The first kappa shape index (κ1) is 17.2. The predicted molar refractivity (Wildman–Crippen MR) is 97.5 cm³/mol. The molecule has 5 heterocycles. The third-order valence-electron chi connectivity index (χ3n) is 4.72. The van der Waals surface area contributed by atoms with Crippen LogP contribution in [-0.2, 0) is 4.79 Å². The number of carbonyl (C=O) groups is 1. The van der Waals surface area contributed by atoms with Crippen LogP contribution in [0.15, 0.2) is 47.5 Å². The molecule has 0 saturated carbocycles. The average Bonchev–Trinajstić information content (AvgIpc) is 3.52. The molecule has 11 heteroatoms. The molecule has 0 spiro atoms. The van der Waals surface area contributed by atoms with Gasteiger partial charge in [0.2, 0.25) is 17.6 Å².